The van der Waals surface area contributed by atoms with Crippen molar-refractivity contribution in [3.05, 3.63) is 27.8 Å². The van der Waals surface area contributed by atoms with E-state index in [1.807, 2.05) is 38.4 Å². The molecule has 1 aromatic heterocycles. The number of benzene rings is 1. The first kappa shape index (κ1) is 13.7. The molecule has 19 heavy (non-hydrogen) atoms. The van der Waals surface area contributed by atoms with Gasteiger partial charge in [0.2, 0.25) is 17.8 Å². The van der Waals surface area contributed by atoms with E-state index in [-0.39, 0.29) is 0 Å². The van der Waals surface area contributed by atoms with Gasteiger partial charge < -0.3 is 10.2 Å². The fraction of sp³-hybridized carbons (Fsp3) is 0.182. The first-order valence-electron chi connectivity index (χ1n) is 5.51. The van der Waals surface area contributed by atoms with Gasteiger partial charge in [-0.1, -0.05) is 12.1 Å². The maximum atomic E-state index is 5.36. The van der Waals surface area contributed by atoms with Crippen LogP contribution in [0.5, 0.6) is 0 Å². The average Bonchev–Trinajstić information content (AvgIpc) is 2.41. The van der Waals surface area contributed by atoms with E-state index in [1.54, 1.807) is 4.90 Å². The summed E-state index contributed by atoms with van der Waals surface area (Å²) in [5.41, 5.74) is 3.36. The van der Waals surface area contributed by atoms with Gasteiger partial charge in [0.25, 0.3) is 0 Å². The fourth-order valence-electron chi connectivity index (χ4n) is 1.37. The van der Waals surface area contributed by atoms with Gasteiger partial charge in [-0.25, -0.2) is 5.84 Å². The van der Waals surface area contributed by atoms with Crippen LogP contribution in [0.15, 0.2) is 24.3 Å². The number of hydrogen-bond acceptors (Lipinski definition) is 7. The fourth-order valence-corrected chi connectivity index (χ4v) is 1.89. The molecule has 0 saturated carbocycles. The van der Waals surface area contributed by atoms with Crippen LogP contribution in [0.1, 0.15) is 0 Å². The lowest BCUT2D eigenvalue weighted by Crippen LogP contribution is -2.18. The summed E-state index contributed by atoms with van der Waals surface area (Å²) in [6, 6.07) is 7.87. The molecular formula is C11H14IN7. The van der Waals surface area contributed by atoms with E-state index in [2.05, 4.69) is 48.3 Å². The van der Waals surface area contributed by atoms with Crippen molar-refractivity contribution < 1.29 is 0 Å². The molecule has 0 fully saturated rings. The van der Waals surface area contributed by atoms with E-state index >= 15 is 0 Å². The van der Waals surface area contributed by atoms with Crippen LogP contribution in [0.25, 0.3) is 0 Å². The highest BCUT2D eigenvalue weighted by molar-refractivity contribution is 14.1. The SMILES string of the molecule is CN(C)c1nc(NN)nc(Nc2ccccc2I)n1. The minimum Gasteiger partial charge on any atom is -0.347 e. The number of hydrogen-bond donors (Lipinski definition) is 3. The van der Waals surface area contributed by atoms with Gasteiger partial charge in [-0.05, 0) is 34.7 Å². The van der Waals surface area contributed by atoms with E-state index < -0.39 is 0 Å². The lowest BCUT2D eigenvalue weighted by atomic mass is 10.3. The number of halogens is 1. The predicted octanol–water partition coefficient (Wildman–Crippen LogP) is 1.57. The number of nitrogen functional groups attached to an aromatic ring is 1. The topological polar surface area (TPSA) is 92.0 Å². The largest absolute Gasteiger partial charge is 0.347 e. The zero-order valence-electron chi connectivity index (χ0n) is 10.6. The Hall–Kier alpha value is -1.68. The van der Waals surface area contributed by atoms with Crippen molar-refractivity contribution in [2.24, 2.45) is 5.84 Å². The number of hydrazine groups is 1. The minimum absolute atomic E-state index is 0.312. The summed E-state index contributed by atoms with van der Waals surface area (Å²) >= 11 is 2.24. The van der Waals surface area contributed by atoms with Crippen molar-refractivity contribution in [1.82, 2.24) is 15.0 Å². The third-order valence-electron chi connectivity index (χ3n) is 2.27. The number of rotatable bonds is 4. The molecular weight excluding hydrogens is 357 g/mol. The number of anilines is 4. The van der Waals surface area contributed by atoms with Gasteiger partial charge in [-0.2, -0.15) is 15.0 Å². The Bertz CT molecular complexity index is 573. The molecule has 2 aromatic rings. The molecule has 0 unspecified atom stereocenters. The van der Waals surface area contributed by atoms with Gasteiger partial charge in [0, 0.05) is 17.7 Å². The number of nitrogens with one attached hydrogen (secondary N) is 2. The third kappa shape index (κ3) is 3.41. The van der Waals surface area contributed by atoms with Crippen LogP contribution in [0, 0.1) is 3.57 Å². The van der Waals surface area contributed by atoms with Gasteiger partial charge in [0.05, 0.1) is 5.69 Å². The Kier molecular flexibility index (Phi) is 4.32. The molecule has 0 bridgehead atoms. The van der Waals surface area contributed by atoms with Crippen LogP contribution in [-0.4, -0.2) is 29.0 Å². The Morgan fingerprint density at radius 3 is 2.42 bits per heavy atom. The average molecular weight is 371 g/mol. The predicted molar refractivity (Wildman–Crippen MR) is 84.4 cm³/mol. The number of para-hydroxylation sites is 1. The molecule has 100 valence electrons. The van der Waals surface area contributed by atoms with E-state index in [0.29, 0.717) is 17.8 Å². The second-order valence-electron chi connectivity index (χ2n) is 3.93. The Labute approximate surface area is 124 Å². The van der Waals surface area contributed by atoms with Crippen molar-refractivity contribution in [3.63, 3.8) is 0 Å². The molecule has 0 spiro atoms. The van der Waals surface area contributed by atoms with Crippen LogP contribution in [0.3, 0.4) is 0 Å². The number of nitrogens with two attached hydrogens (primary N) is 1. The van der Waals surface area contributed by atoms with Gasteiger partial charge in [0.1, 0.15) is 0 Å². The Morgan fingerprint density at radius 2 is 1.79 bits per heavy atom. The second-order valence-corrected chi connectivity index (χ2v) is 5.09. The van der Waals surface area contributed by atoms with Crippen LogP contribution in [-0.2, 0) is 0 Å². The highest BCUT2D eigenvalue weighted by Crippen LogP contribution is 2.21. The highest BCUT2D eigenvalue weighted by atomic mass is 127. The lowest BCUT2D eigenvalue weighted by Gasteiger charge is -2.13. The highest BCUT2D eigenvalue weighted by Gasteiger charge is 2.08. The van der Waals surface area contributed by atoms with Gasteiger partial charge in [-0.15, -0.1) is 0 Å². The maximum absolute atomic E-state index is 5.36. The molecule has 1 heterocycles. The molecule has 0 aliphatic rings. The molecule has 0 atom stereocenters. The van der Waals surface area contributed by atoms with Gasteiger partial charge >= 0.3 is 0 Å². The van der Waals surface area contributed by atoms with Crippen molar-refractivity contribution in [1.29, 1.82) is 0 Å². The molecule has 0 aliphatic carbocycles. The third-order valence-corrected chi connectivity index (χ3v) is 3.21. The standard InChI is InChI=1S/C11H14IN7/c1-19(2)11-16-9(15-10(17-11)18-13)14-8-6-4-3-5-7(8)12/h3-6H,13H2,1-2H3,(H2,14,15,16,17,18). The quantitative estimate of drug-likeness (QED) is 0.427. The maximum Gasteiger partial charge on any atom is 0.243 e. The Balaban J connectivity index is 2.34. The first-order chi connectivity index (χ1) is 9.10. The van der Waals surface area contributed by atoms with E-state index in [0.717, 1.165) is 9.26 Å². The van der Waals surface area contributed by atoms with E-state index in [4.69, 9.17) is 5.84 Å². The summed E-state index contributed by atoms with van der Waals surface area (Å²) in [4.78, 5) is 14.4. The lowest BCUT2D eigenvalue weighted by molar-refractivity contribution is 0.957. The monoisotopic (exact) mass is 371 g/mol. The Morgan fingerprint density at radius 1 is 1.11 bits per heavy atom. The molecule has 0 aliphatic heterocycles. The van der Waals surface area contributed by atoms with Crippen molar-refractivity contribution >= 4 is 46.1 Å². The summed E-state index contributed by atoms with van der Waals surface area (Å²) in [6.07, 6.45) is 0. The zero-order valence-corrected chi connectivity index (χ0v) is 12.7. The summed E-state index contributed by atoms with van der Waals surface area (Å²) in [6.45, 7) is 0. The molecule has 7 nitrogen and oxygen atoms in total. The van der Waals surface area contributed by atoms with E-state index in [1.165, 1.54) is 0 Å². The molecule has 0 amide bonds. The molecule has 2 rings (SSSR count). The van der Waals surface area contributed by atoms with Crippen molar-refractivity contribution in [2.45, 2.75) is 0 Å². The van der Waals surface area contributed by atoms with Crippen molar-refractivity contribution in [2.75, 3.05) is 29.7 Å². The molecule has 8 heteroatoms. The zero-order chi connectivity index (χ0) is 13.8. The summed E-state index contributed by atoms with van der Waals surface area (Å²) < 4.78 is 1.08. The van der Waals surface area contributed by atoms with Crippen LogP contribution >= 0.6 is 22.6 Å². The van der Waals surface area contributed by atoms with Crippen LogP contribution in [0.2, 0.25) is 0 Å². The first-order valence-corrected chi connectivity index (χ1v) is 6.59. The molecule has 1 aromatic carbocycles. The normalized spacial score (nSPS) is 10.1. The van der Waals surface area contributed by atoms with Crippen LogP contribution < -0.4 is 21.5 Å². The smallest absolute Gasteiger partial charge is 0.243 e. The second kappa shape index (κ2) is 5.97. The van der Waals surface area contributed by atoms with Crippen LogP contribution in [0.4, 0.5) is 23.5 Å². The molecule has 4 N–H and O–H groups in total. The van der Waals surface area contributed by atoms with Gasteiger partial charge in [0.15, 0.2) is 0 Å². The molecule has 0 saturated heterocycles. The summed E-state index contributed by atoms with van der Waals surface area (Å²) in [7, 11) is 3.71. The van der Waals surface area contributed by atoms with E-state index in [9.17, 15) is 0 Å². The summed E-state index contributed by atoms with van der Waals surface area (Å²) in [5.74, 6) is 6.64. The molecule has 0 radical (unpaired) electrons. The van der Waals surface area contributed by atoms with Crippen molar-refractivity contribution in [3.8, 4) is 0 Å². The number of aromatic nitrogens is 3. The summed E-state index contributed by atoms with van der Waals surface area (Å²) in [5, 5.41) is 3.15. The number of nitrogens with zero attached hydrogens (tertiary/aromatic N) is 4. The van der Waals surface area contributed by atoms with Gasteiger partial charge in [-0.3, -0.25) is 5.43 Å². The minimum atomic E-state index is 0.312.